The van der Waals surface area contributed by atoms with E-state index in [0.29, 0.717) is 16.9 Å². The summed E-state index contributed by atoms with van der Waals surface area (Å²) >= 11 is 0. The molecule has 4 aromatic rings. The molecule has 4 aromatic heterocycles. The fraction of sp³-hybridized carbons (Fsp3) is 0.190. The molecule has 9 heteroatoms. The number of amides is 1. The molecule has 0 unspecified atom stereocenters. The monoisotopic (exact) mass is 400 g/mol. The van der Waals surface area contributed by atoms with E-state index in [4.69, 9.17) is 0 Å². The SMILES string of the molecule is O=C(Nc1ccnc(N2CCNCC2)c1)c1cnn2c(-c3cccnc3)ccnc12. The first-order valence-electron chi connectivity index (χ1n) is 9.76. The molecule has 0 aliphatic carbocycles. The molecule has 0 bridgehead atoms. The van der Waals surface area contributed by atoms with Crippen molar-refractivity contribution in [1.29, 1.82) is 0 Å². The van der Waals surface area contributed by atoms with Gasteiger partial charge in [0.05, 0.1) is 11.9 Å². The Morgan fingerprint density at radius 2 is 1.90 bits per heavy atom. The number of nitrogens with one attached hydrogen (secondary N) is 2. The molecule has 0 atom stereocenters. The highest BCUT2D eigenvalue weighted by molar-refractivity contribution is 6.08. The van der Waals surface area contributed by atoms with Crippen LogP contribution in [0, 0.1) is 0 Å². The average Bonchev–Trinajstić information content (AvgIpc) is 3.25. The summed E-state index contributed by atoms with van der Waals surface area (Å²) in [6.07, 6.45) is 8.39. The van der Waals surface area contributed by atoms with Crippen LogP contribution >= 0.6 is 0 Å². The molecule has 5 heterocycles. The van der Waals surface area contributed by atoms with E-state index in [2.05, 4.69) is 35.6 Å². The Morgan fingerprint density at radius 1 is 1.03 bits per heavy atom. The molecule has 150 valence electrons. The third-order valence-electron chi connectivity index (χ3n) is 5.05. The summed E-state index contributed by atoms with van der Waals surface area (Å²) in [4.78, 5) is 28.1. The molecule has 0 aromatic carbocycles. The van der Waals surface area contributed by atoms with Gasteiger partial charge in [-0.3, -0.25) is 9.78 Å². The number of hydrogen-bond acceptors (Lipinski definition) is 7. The van der Waals surface area contributed by atoms with Crippen LogP contribution in [0.1, 0.15) is 10.4 Å². The average molecular weight is 400 g/mol. The van der Waals surface area contributed by atoms with Crippen LogP contribution in [0.15, 0.2) is 61.3 Å². The van der Waals surface area contributed by atoms with Crippen LogP contribution in [0.5, 0.6) is 0 Å². The van der Waals surface area contributed by atoms with Crippen LogP contribution in [-0.4, -0.2) is 56.7 Å². The van der Waals surface area contributed by atoms with Crippen LogP contribution in [0.25, 0.3) is 16.9 Å². The van der Waals surface area contributed by atoms with E-state index < -0.39 is 0 Å². The second-order valence-corrected chi connectivity index (χ2v) is 6.96. The van der Waals surface area contributed by atoms with Gasteiger partial charge in [-0.1, -0.05) is 0 Å². The van der Waals surface area contributed by atoms with Gasteiger partial charge in [-0.05, 0) is 24.3 Å². The molecule has 0 saturated carbocycles. The van der Waals surface area contributed by atoms with Gasteiger partial charge in [0.1, 0.15) is 11.4 Å². The summed E-state index contributed by atoms with van der Waals surface area (Å²) in [5.41, 5.74) is 3.30. The van der Waals surface area contributed by atoms with Gasteiger partial charge in [0, 0.05) is 68.3 Å². The lowest BCUT2D eigenvalue weighted by Crippen LogP contribution is -2.43. The fourth-order valence-electron chi connectivity index (χ4n) is 3.55. The van der Waals surface area contributed by atoms with E-state index in [1.165, 1.54) is 6.20 Å². The van der Waals surface area contributed by atoms with E-state index in [1.54, 1.807) is 35.4 Å². The largest absolute Gasteiger partial charge is 0.354 e. The third kappa shape index (κ3) is 3.46. The quantitative estimate of drug-likeness (QED) is 0.539. The molecule has 9 nitrogen and oxygen atoms in total. The molecule has 1 aliphatic rings. The number of hydrogen-bond donors (Lipinski definition) is 2. The Bertz CT molecular complexity index is 1180. The van der Waals surface area contributed by atoms with Crippen molar-refractivity contribution in [1.82, 2.24) is 29.9 Å². The smallest absolute Gasteiger partial charge is 0.261 e. The molecule has 5 rings (SSSR count). The lowest BCUT2D eigenvalue weighted by molar-refractivity contribution is 0.102. The predicted octanol–water partition coefficient (Wildman–Crippen LogP) is 1.85. The van der Waals surface area contributed by atoms with E-state index in [-0.39, 0.29) is 5.91 Å². The van der Waals surface area contributed by atoms with Gasteiger partial charge < -0.3 is 15.5 Å². The van der Waals surface area contributed by atoms with Gasteiger partial charge in [-0.15, -0.1) is 0 Å². The minimum absolute atomic E-state index is 0.265. The summed E-state index contributed by atoms with van der Waals surface area (Å²) in [7, 11) is 0. The van der Waals surface area contributed by atoms with E-state index in [0.717, 1.165) is 43.3 Å². The van der Waals surface area contributed by atoms with Crippen molar-refractivity contribution >= 4 is 23.1 Å². The summed E-state index contributed by atoms with van der Waals surface area (Å²) in [5.74, 6) is 0.587. The summed E-state index contributed by atoms with van der Waals surface area (Å²) in [6, 6.07) is 9.32. The van der Waals surface area contributed by atoms with Crippen LogP contribution in [0.2, 0.25) is 0 Å². The van der Waals surface area contributed by atoms with Gasteiger partial charge >= 0.3 is 0 Å². The molecule has 30 heavy (non-hydrogen) atoms. The highest BCUT2D eigenvalue weighted by atomic mass is 16.1. The lowest BCUT2D eigenvalue weighted by atomic mass is 10.2. The van der Waals surface area contributed by atoms with Crippen molar-refractivity contribution in [3.63, 3.8) is 0 Å². The number of anilines is 2. The van der Waals surface area contributed by atoms with Gasteiger partial charge in [-0.25, -0.2) is 14.5 Å². The summed E-state index contributed by atoms with van der Waals surface area (Å²) < 4.78 is 1.66. The number of carbonyl (C=O) groups is 1. The van der Waals surface area contributed by atoms with Gasteiger partial charge in [-0.2, -0.15) is 5.10 Å². The minimum atomic E-state index is -0.265. The first-order chi connectivity index (χ1) is 14.8. The fourth-order valence-corrected chi connectivity index (χ4v) is 3.55. The molecule has 2 N–H and O–H groups in total. The zero-order valence-corrected chi connectivity index (χ0v) is 16.2. The van der Waals surface area contributed by atoms with E-state index >= 15 is 0 Å². The molecule has 1 fully saturated rings. The first-order valence-corrected chi connectivity index (χ1v) is 9.76. The number of fused-ring (bicyclic) bond motifs is 1. The predicted molar refractivity (Wildman–Crippen MR) is 113 cm³/mol. The second-order valence-electron chi connectivity index (χ2n) is 6.96. The molecular formula is C21H20N8O. The highest BCUT2D eigenvalue weighted by Crippen LogP contribution is 2.22. The normalized spacial score (nSPS) is 14.1. The van der Waals surface area contributed by atoms with Crippen molar-refractivity contribution < 1.29 is 4.79 Å². The number of pyridine rings is 2. The van der Waals surface area contributed by atoms with Crippen LogP contribution in [0.3, 0.4) is 0 Å². The molecular weight excluding hydrogens is 380 g/mol. The number of carbonyl (C=O) groups excluding carboxylic acids is 1. The van der Waals surface area contributed by atoms with Gasteiger partial charge in [0.2, 0.25) is 0 Å². The molecule has 0 radical (unpaired) electrons. The standard InChI is InChI=1S/C21H20N8O/c30-21(27-16-3-6-24-19(12-16)28-10-8-22-9-11-28)17-14-26-29-18(4-7-25-20(17)29)15-2-1-5-23-13-15/h1-7,12-14,22H,8-11H2,(H,24,27,30). The summed E-state index contributed by atoms with van der Waals surface area (Å²) in [6.45, 7) is 3.62. The Labute approximate surface area is 172 Å². The first kappa shape index (κ1) is 18.2. The zero-order valence-electron chi connectivity index (χ0n) is 16.2. The van der Waals surface area contributed by atoms with Crippen LogP contribution in [-0.2, 0) is 0 Å². The minimum Gasteiger partial charge on any atom is -0.354 e. The number of rotatable bonds is 4. The van der Waals surface area contributed by atoms with Crippen molar-refractivity contribution in [2.24, 2.45) is 0 Å². The van der Waals surface area contributed by atoms with E-state index in [1.807, 2.05) is 24.3 Å². The van der Waals surface area contributed by atoms with Crippen molar-refractivity contribution in [2.75, 3.05) is 36.4 Å². The van der Waals surface area contributed by atoms with Crippen molar-refractivity contribution in [2.45, 2.75) is 0 Å². The Balaban J connectivity index is 1.42. The van der Waals surface area contributed by atoms with Crippen LogP contribution in [0.4, 0.5) is 11.5 Å². The maximum Gasteiger partial charge on any atom is 0.261 e. The molecule has 0 spiro atoms. The van der Waals surface area contributed by atoms with Crippen LogP contribution < -0.4 is 15.5 Å². The topological polar surface area (TPSA) is 100 Å². The van der Waals surface area contributed by atoms with Crippen molar-refractivity contribution in [3.8, 4) is 11.3 Å². The van der Waals surface area contributed by atoms with E-state index in [9.17, 15) is 4.79 Å². The Hall–Kier alpha value is -3.85. The number of aromatic nitrogens is 5. The number of piperazine rings is 1. The molecule has 1 saturated heterocycles. The molecule has 1 aliphatic heterocycles. The second kappa shape index (κ2) is 7.88. The third-order valence-corrected chi connectivity index (χ3v) is 5.05. The lowest BCUT2D eigenvalue weighted by Gasteiger charge is -2.28. The van der Waals surface area contributed by atoms with Gasteiger partial charge in [0.25, 0.3) is 5.91 Å². The maximum absolute atomic E-state index is 13.0. The summed E-state index contributed by atoms with van der Waals surface area (Å²) in [5, 5.41) is 10.7. The number of nitrogens with zero attached hydrogens (tertiary/aromatic N) is 6. The van der Waals surface area contributed by atoms with Gasteiger partial charge in [0.15, 0.2) is 5.65 Å². The maximum atomic E-state index is 13.0. The molecule has 1 amide bonds. The van der Waals surface area contributed by atoms with Crippen molar-refractivity contribution in [3.05, 3.63) is 66.9 Å². The highest BCUT2D eigenvalue weighted by Gasteiger charge is 2.17. The Morgan fingerprint density at radius 3 is 2.73 bits per heavy atom. The zero-order chi connectivity index (χ0) is 20.3. The Kier molecular flexibility index (Phi) is 4.78.